The maximum absolute atomic E-state index is 13.6. The molecule has 1 aromatic heterocycles. The molecule has 0 atom stereocenters. The number of fused-ring (bicyclic) bond motifs is 2. The second-order valence-electron chi connectivity index (χ2n) is 8.02. The van der Waals surface area contributed by atoms with E-state index in [4.69, 9.17) is 4.74 Å². The summed E-state index contributed by atoms with van der Waals surface area (Å²) < 4.78 is 21.8. The second-order valence-corrected chi connectivity index (χ2v) is 8.94. The number of aromatic nitrogens is 2. The maximum atomic E-state index is 13.6. The van der Waals surface area contributed by atoms with Crippen molar-refractivity contribution in [3.8, 4) is 5.75 Å². The van der Waals surface area contributed by atoms with E-state index in [1.54, 1.807) is 18.3 Å². The zero-order chi connectivity index (χ0) is 24.4. The smallest absolute Gasteiger partial charge is 0.282 e. The van der Waals surface area contributed by atoms with Crippen LogP contribution in [0, 0.1) is 5.82 Å². The first kappa shape index (κ1) is 22.9. The van der Waals surface area contributed by atoms with Crippen LogP contribution in [0.1, 0.15) is 23.9 Å². The number of halogens is 2. The Labute approximate surface area is 209 Å². The molecule has 174 valence electrons. The maximum Gasteiger partial charge on any atom is 0.282 e. The van der Waals surface area contributed by atoms with E-state index in [0.29, 0.717) is 28.9 Å². The van der Waals surface area contributed by atoms with Crippen LogP contribution in [0.3, 0.4) is 0 Å². The Balaban J connectivity index is 1.61. The molecule has 0 amide bonds. The van der Waals surface area contributed by atoms with E-state index in [9.17, 15) is 9.18 Å². The second kappa shape index (κ2) is 9.80. The number of nitrogens with zero attached hydrogens (tertiary/aromatic N) is 3. The lowest BCUT2D eigenvalue weighted by molar-refractivity contribution is 0.305. The van der Waals surface area contributed by atoms with Gasteiger partial charge in [-0.3, -0.25) is 4.79 Å². The van der Waals surface area contributed by atoms with E-state index in [0.717, 1.165) is 26.4 Å². The molecule has 1 heterocycles. The molecule has 0 fully saturated rings. The Morgan fingerprint density at radius 3 is 2.71 bits per heavy atom. The third kappa shape index (κ3) is 4.72. The first-order chi connectivity index (χ1) is 17.0. The van der Waals surface area contributed by atoms with Crippen LogP contribution in [-0.4, -0.2) is 15.9 Å². The minimum Gasteiger partial charge on any atom is -0.488 e. The summed E-state index contributed by atoms with van der Waals surface area (Å²) in [6, 6.07) is 23.4. The van der Waals surface area contributed by atoms with Gasteiger partial charge in [-0.05, 0) is 52.7 Å². The Morgan fingerprint density at radius 2 is 1.89 bits per heavy atom. The van der Waals surface area contributed by atoms with Gasteiger partial charge in [0, 0.05) is 16.5 Å². The molecule has 5 nitrogen and oxygen atoms in total. The van der Waals surface area contributed by atoms with Crippen LogP contribution in [0.25, 0.3) is 21.7 Å². The van der Waals surface area contributed by atoms with Crippen LogP contribution < -0.4 is 10.3 Å². The highest BCUT2D eigenvalue weighted by atomic mass is 79.9. The van der Waals surface area contributed by atoms with Crippen molar-refractivity contribution in [2.45, 2.75) is 20.0 Å². The van der Waals surface area contributed by atoms with Gasteiger partial charge in [0.05, 0.1) is 17.1 Å². The molecule has 4 aromatic carbocycles. The highest BCUT2D eigenvalue weighted by molar-refractivity contribution is 9.10. The molecule has 0 saturated heterocycles. The summed E-state index contributed by atoms with van der Waals surface area (Å²) in [4.78, 5) is 17.9. The minimum atomic E-state index is -0.312. The normalized spacial score (nSPS) is 11.5. The van der Waals surface area contributed by atoms with E-state index in [1.165, 1.54) is 16.8 Å². The largest absolute Gasteiger partial charge is 0.488 e. The van der Waals surface area contributed by atoms with Gasteiger partial charge in [-0.25, -0.2) is 9.37 Å². The van der Waals surface area contributed by atoms with Gasteiger partial charge in [-0.15, -0.1) is 0 Å². The predicted molar refractivity (Wildman–Crippen MR) is 141 cm³/mol. The van der Waals surface area contributed by atoms with Gasteiger partial charge >= 0.3 is 0 Å². The van der Waals surface area contributed by atoms with E-state index < -0.39 is 0 Å². The van der Waals surface area contributed by atoms with Crippen molar-refractivity contribution in [3.05, 3.63) is 116 Å². The summed E-state index contributed by atoms with van der Waals surface area (Å²) in [5, 5.41) is 6.98. The molecular weight excluding hydrogens is 509 g/mol. The number of benzene rings is 4. The van der Waals surface area contributed by atoms with Crippen molar-refractivity contribution in [1.82, 2.24) is 9.66 Å². The average molecular weight is 530 g/mol. The van der Waals surface area contributed by atoms with Crippen LogP contribution in [0.5, 0.6) is 5.75 Å². The van der Waals surface area contributed by atoms with Gasteiger partial charge in [-0.1, -0.05) is 65.3 Å². The van der Waals surface area contributed by atoms with Crippen molar-refractivity contribution in [2.24, 2.45) is 5.10 Å². The highest BCUT2D eigenvalue weighted by Gasteiger charge is 2.12. The van der Waals surface area contributed by atoms with Crippen molar-refractivity contribution in [2.75, 3.05) is 0 Å². The predicted octanol–water partition coefficient (Wildman–Crippen LogP) is 6.47. The number of aryl methyl sites for hydroxylation is 1. The average Bonchev–Trinajstić information content (AvgIpc) is 2.87. The van der Waals surface area contributed by atoms with Crippen molar-refractivity contribution >= 4 is 43.8 Å². The lowest BCUT2D eigenvalue weighted by Crippen LogP contribution is -2.22. The Hall–Kier alpha value is -3.84. The van der Waals surface area contributed by atoms with Gasteiger partial charge < -0.3 is 4.74 Å². The van der Waals surface area contributed by atoms with E-state index in [2.05, 4.69) is 26.0 Å². The molecule has 0 N–H and O–H groups in total. The van der Waals surface area contributed by atoms with Gasteiger partial charge in [0.15, 0.2) is 0 Å². The molecule has 0 aliphatic rings. The molecule has 0 saturated carbocycles. The van der Waals surface area contributed by atoms with Gasteiger partial charge in [0.25, 0.3) is 5.56 Å². The molecule has 0 aliphatic heterocycles. The molecule has 0 bridgehead atoms. The van der Waals surface area contributed by atoms with Crippen LogP contribution >= 0.6 is 15.9 Å². The molecule has 0 aliphatic carbocycles. The number of rotatable bonds is 6. The summed E-state index contributed by atoms with van der Waals surface area (Å²) in [5.74, 6) is 0.830. The minimum absolute atomic E-state index is 0.197. The fourth-order valence-corrected chi connectivity index (χ4v) is 4.34. The molecular formula is C28H21BrFN3O2. The van der Waals surface area contributed by atoms with E-state index >= 15 is 0 Å². The summed E-state index contributed by atoms with van der Waals surface area (Å²) in [7, 11) is 0. The Morgan fingerprint density at radius 1 is 1.03 bits per heavy atom. The van der Waals surface area contributed by atoms with Crippen molar-refractivity contribution < 1.29 is 9.13 Å². The zero-order valence-electron chi connectivity index (χ0n) is 18.9. The summed E-state index contributed by atoms with van der Waals surface area (Å²) in [5.41, 5.74) is 1.83. The molecule has 5 aromatic rings. The molecule has 7 heteroatoms. The fourth-order valence-electron chi connectivity index (χ4n) is 3.98. The summed E-state index contributed by atoms with van der Waals surface area (Å²) in [6.07, 6.45) is 2.17. The van der Waals surface area contributed by atoms with Crippen molar-refractivity contribution in [3.63, 3.8) is 0 Å². The summed E-state index contributed by atoms with van der Waals surface area (Å²) >= 11 is 3.43. The zero-order valence-corrected chi connectivity index (χ0v) is 20.5. The number of hydrogen-bond donors (Lipinski definition) is 0. The number of ether oxygens (including phenoxy) is 1. The van der Waals surface area contributed by atoms with Crippen LogP contribution in [0.4, 0.5) is 4.39 Å². The molecule has 0 unspecified atom stereocenters. The van der Waals surface area contributed by atoms with Gasteiger partial charge in [-0.2, -0.15) is 9.78 Å². The SMILES string of the molecule is CCc1nc2ccc(Br)cc2c(=O)n1N=Cc1c(OCc2cccc(F)c2)ccc2ccccc12. The van der Waals surface area contributed by atoms with Gasteiger partial charge in [0.2, 0.25) is 0 Å². The molecule has 35 heavy (non-hydrogen) atoms. The lowest BCUT2D eigenvalue weighted by atomic mass is 10.0. The monoisotopic (exact) mass is 529 g/mol. The first-order valence-corrected chi connectivity index (χ1v) is 12.0. The molecule has 0 radical (unpaired) electrons. The third-order valence-electron chi connectivity index (χ3n) is 5.71. The Kier molecular flexibility index (Phi) is 6.42. The van der Waals surface area contributed by atoms with Crippen LogP contribution in [0.15, 0.2) is 93.2 Å². The standard InChI is InChI=1S/C28H21BrFN3O2/c1-2-27-32-25-12-11-20(29)15-23(25)28(34)33(27)31-16-24-22-9-4-3-7-19(22)10-13-26(24)35-17-18-6-5-8-21(30)14-18/h3-16H,2,17H2,1H3. The quantitative estimate of drug-likeness (QED) is 0.236. The van der Waals surface area contributed by atoms with Crippen LogP contribution in [-0.2, 0) is 13.0 Å². The highest BCUT2D eigenvalue weighted by Crippen LogP contribution is 2.28. The Bertz CT molecular complexity index is 1650. The lowest BCUT2D eigenvalue weighted by Gasteiger charge is -2.13. The summed E-state index contributed by atoms with van der Waals surface area (Å²) in [6.45, 7) is 2.13. The van der Waals surface area contributed by atoms with E-state index in [-0.39, 0.29) is 18.0 Å². The number of hydrogen-bond acceptors (Lipinski definition) is 4. The topological polar surface area (TPSA) is 56.5 Å². The van der Waals surface area contributed by atoms with Crippen molar-refractivity contribution in [1.29, 1.82) is 0 Å². The van der Waals surface area contributed by atoms with E-state index in [1.807, 2.05) is 61.5 Å². The fraction of sp³-hybridized carbons (Fsp3) is 0.107. The molecule has 0 spiro atoms. The van der Waals surface area contributed by atoms with Crippen LogP contribution in [0.2, 0.25) is 0 Å². The first-order valence-electron chi connectivity index (χ1n) is 11.2. The van der Waals surface area contributed by atoms with Gasteiger partial charge in [0.1, 0.15) is 24.0 Å². The third-order valence-corrected chi connectivity index (χ3v) is 6.20. The molecule has 5 rings (SSSR count).